The van der Waals surface area contributed by atoms with Crippen molar-refractivity contribution in [1.82, 2.24) is 14.9 Å². The van der Waals surface area contributed by atoms with Crippen molar-refractivity contribution >= 4 is 11.7 Å². The molecular formula is C22H28N4O. The molecule has 3 heterocycles. The summed E-state index contributed by atoms with van der Waals surface area (Å²) in [5, 5.41) is 0. The van der Waals surface area contributed by atoms with Crippen LogP contribution in [0.3, 0.4) is 0 Å². The van der Waals surface area contributed by atoms with E-state index in [0.29, 0.717) is 0 Å². The first-order chi connectivity index (χ1) is 13.1. The number of likely N-dealkylation sites (tertiary alicyclic amines) is 1. The summed E-state index contributed by atoms with van der Waals surface area (Å²) < 4.78 is 0. The number of rotatable bonds is 4. The molecule has 1 atom stereocenters. The van der Waals surface area contributed by atoms with E-state index >= 15 is 0 Å². The van der Waals surface area contributed by atoms with Gasteiger partial charge >= 0.3 is 0 Å². The first-order valence-corrected chi connectivity index (χ1v) is 10.1. The summed E-state index contributed by atoms with van der Waals surface area (Å²) in [6.45, 7) is 6.57. The van der Waals surface area contributed by atoms with Crippen molar-refractivity contribution in [2.75, 3.05) is 24.5 Å². The van der Waals surface area contributed by atoms with Crippen molar-refractivity contribution < 1.29 is 4.79 Å². The fourth-order valence-electron chi connectivity index (χ4n) is 4.40. The van der Waals surface area contributed by atoms with E-state index in [-0.39, 0.29) is 11.9 Å². The summed E-state index contributed by atoms with van der Waals surface area (Å²) in [6.07, 6.45) is 5.20. The Bertz CT molecular complexity index is 821. The molecule has 0 N–H and O–H groups in total. The van der Waals surface area contributed by atoms with Gasteiger partial charge in [0.2, 0.25) is 5.91 Å². The lowest BCUT2D eigenvalue weighted by Crippen LogP contribution is -2.35. The second kappa shape index (κ2) is 7.67. The number of benzene rings is 1. The highest BCUT2D eigenvalue weighted by molar-refractivity contribution is 5.74. The molecule has 1 aromatic heterocycles. The van der Waals surface area contributed by atoms with Crippen molar-refractivity contribution in [1.29, 1.82) is 0 Å². The van der Waals surface area contributed by atoms with E-state index < -0.39 is 0 Å². The summed E-state index contributed by atoms with van der Waals surface area (Å²) >= 11 is 0. The van der Waals surface area contributed by atoms with Gasteiger partial charge in [0.15, 0.2) is 5.82 Å². The predicted octanol–water partition coefficient (Wildman–Crippen LogP) is 3.46. The molecule has 1 fully saturated rings. The van der Waals surface area contributed by atoms with Crippen LogP contribution in [0.25, 0.3) is 0 Å². The molecule has 2 aromatic rings. The summed E-state index contributed by atoms with van der Waals surface area (Å²) in [5.74, 6) is 2.04. The van der Waals surface area contributed by atoms with E-state index in [2.05, 4.69) is 42.2 Å². The number of fused-ring (bicyclic) bond motifs is 1. The van der Waals surface area contributed by atoms with Crippen LogP contribution in [0.5, 0.6) is 0 Å². The molecule has 2 aliphatic heterocycles. The molecule has 142 valence electrons. The molecule has 4 rings (SSSR count). The highest BCUT2D eigenvalue weighted by Crippen LogP contribution is 2.34. The van der Waals surface area contributed by atoms with Crippen molar-refractivity contribution in [3.05, 3.63) is 53.0 Å². The Hall–Kier alpha value is -2.43. The fraction of sp³-hybridized carbons (Fsp3) is 0.500. The lowest BCUT2D eigenvalue weighted by Gasteiger charge is -2.32. The minimum atomic E-state index is 0.0319. The zero-order chi connectivity index (χ0) is 18.8. The van der Waals surface area contributed by atoms with Crippen LogP contribution in [-0.2, 0) is 17.6 Å². The first-order valence-electron chi connectivity index (χ1n) is 10.1. The smallest absolute Gasteiger partial charge is 0.220 e. The lowest BCUT2D eigenvalue weighted by molar-refractivity contribution is -0.129. The van der Waals surface area contributed by atoms with E-state index in [1.165, 1.54) is 11.1 Å². The standard InChI is InChI=1S/C22H28N4O/c1-16-19-10-6-13-25(15-12-18-8-4-3-5-9-18)22(19)24-21(23-16)20-11-7-14-26(20)17(2)27/h3-5,8-9,20H,6-7,10-15H2,1-2H3. The number of nitrogens with zero attached hydrogens (tertiary/aromatic N) is 4. The number of aryl methyl sites for hydroxylation is 1. The molecule has 2 aliphatic rings. The van der Waals surface area contributed by atoms with Gasteiger partial charge < -0.3 is 9.80 Å². The Balaban J connectivity index is 1.61. The number of carbonyl (C=O) groups excluding carboxylic acids is 1. The zero-order valence-corrected chi connectivity index (χ0v) is 16.3. The van der Waals surface area contributed by atoms with Gasteiger partial charge in [-0.05, 0) is 44.6 Å². The van der Waals surface area contributed by atoms with Crippen molar-refractivity contribution in [3.63, 3.8) is 0 Å². The Morgan fingerprint density at radius 3 is 2.74 bits per heavy atom. The second-order valence-electron chi connectivity index (χ2n) is 7.67. The molecule has 1 aromatic carbocycles. The molecule has 0 saturated carbocycles. The van der Waals surface area contributed by atoms with Crippen LogP contribution in [0.2, 0.25) is 0 Å². The van der Waals surface area contributed by atoms with E-state index in [1.807, 2.05) is 4.90 Å². The Kier molecular flexibility index (Phi) is 5.10. The van der Waals surface area contributed by atoms with E-state index in [9.17, 15) is 4.79 Å². The summed E-state index contributed by atoms with van der Waals surface area (Å²) in [4.78, 5) is 26.2. The highest BCUT2D eigenvalue weighted by atomic mass is 16.2. The van der Waals surface area contributed by atoms with Crippen LogP contribution in [0.1, 0.15) is 54.9 Å². The molecule has 0 radical (unpaired) electrons. The number of hydrogen-bond donors (Lipinski definition) is 0. The minimum Gasteiger partial charge on any atom is -0.356 e. The largest absolute Gasteiger partial charge is 0.356 e. The maximum atomic E-state index is 12.0. The third-order valence-electron chi connectivity index (χ3n) is 5.83. The number of hydrogen-bond acceptors (Lipinski definition) is 4. The molecule has 0 aliphatic carbocycles. The van der Waals surface area contributed by atoms with Gasteiger partial charge in [0.1, 0.15) is 5.82 Å². The van der Waals surface area contributed by atoms with Crippen LogP contribution in [0, 0.1) is 6.92 Å². The van der Waals surface area contributed by atoms with Crippen LogP contribution in [0.15, 0.2) is 30.3 Å². The molecule has 1 amide bonds. The number of anilines is 1. The van der Waals surface area contributed by atoms with Crippen LogP contribution in [0.4, 0.5) is 5.82 Å². The third-order valence-corrected chi connectivity index (χ3v) is 5.83. The Labute approximate surface area is 161 Å². The molecule has 1 saturated heterocycles. The average Bonchev–Trinajstić information content (AvgIpc) is 3.17. The summed E-state index contributed by atoms with van der Waals surface area (Å²) in [5.41, 5.74) is 3.72. The second-order valence-corrected chi connectivity index (χ2v) is 7.67. The normalized spacial score (nSPS) is 19.3. The monoisotopic (exact) mass is 364 g/mol. The molecule has 5 nitrogen and oxygen atoms in total. The Morgan fingerprint density at radius 1 is 1.15 bits per heavy atom. The van der Waals surface area contributed by atoms with Crippen LogP contribution < -0.4 is 4.90 Å². The van der Waals surface area contributed by atoms with Crippen LogP contribution in [-0.4, -0.2) is 40.4 Å². The predicted molar refractivity (Wildman–Crippen MR) is 107 cm³/mol. The van der Waals surface area contributed by atoms with Crippen molar-refractivity contribution in [2.24, 2.45) is 0 Å². The van der Waals surface area contributed by atoms with Gasteiger partial charge in [-0.1, -0.05) is 30.3 Å². The fourth-order valence-corrected chi connectivity index (χ4v) is 4.40. The van der Waals surface area contributed by atoms with E-state index in [4.69, 9.17) is 9.97 Å². The third kappa shape index (κ3) is 3.68. The van der Waals surface area contributed by atoms with Crippen LogP contribution >= 0.6 is 0 Å². The molecule has 5 heteroatoms. The highest BCUT2D eigenvalue weighted by Gasteiger charge is 2.32. The maximum absolute atomic E-state index is 12.0. The van der Waals surface area contributed by atoms with E-state index in [1.54, 1.807) is 6.92 Å². The zero-order valence-electron chi connectivity index (χ0n) is 16.3. The lowest BCUT2D eigenvalue weighted by atomic mass is 10.0. The first kappa shape index (κ1) is 18.0. The average molecular weight is 364 g/mol. The van der Waals surface area contributed by atoms with Gasteiger partial charge in [-0.15, -0.1) is 0 Å². The van der Waals surface area contributed by atoms with Gasteiger partial charge in [-0.2, -0.15) is 0 Å². The van der Waals surface area contributed by atoms with Gasteiger partial charge in [-0.3, -0.25) is 4.79 Å². The van der Waals surface area contributed by atoms with Gasteiger partial charge in [0.25, 0.3) is 0 Å². The van der Waals surface area contributed by atoms with Crippen molar-refractivity contribution in [3.8, 4) is 0 Å². The van der Waals surface area contributed by atoms with E-state index in [0.717, 1.165) is 69.1 Å². The van der Waals surface area contributed by atoms with Gasteiger partial charge in [0, 0.05) is 37.8 Å². The number of amides is 1. The molecule has 1 unspecified atom stereocenters. The number of carbonyl (C=O) groups is 1. The topological polar surface area (TPSA) is 49.3 Å². The minimum absolute atomic E-state index is 0.0319. The van der Waals surface area contributed by atoms with Gasteiger partial charge in [0.05, 0.1) is 6.04 Å². The summed E-state index contributed by atoms with van der Waals surface area (Å²) in [6, 6.07) is 10.7. The quantitative estimate of drug-likeness (QED) is 0.834. The van der Waals surface area contributed by atoms with Crippen molar-refractivity contribution in [2.45, 2.75) is 52.0 Å². The maximum Gasteiger partial charge on any atom is 0.220 e. The number of aromatic nitrogens is 2. The molecule has 0 spiro atoms. The Morgan fingerprint density at radius 2 is 1.96 bits per heavy atom. The molecule has 27 heavy (non-hydrogen) atoms. The van der Waals surface area contributed by atoms with Gasteiger partial charge in [-0.25, -0.2) is 9.97 Å². The molecular weight excluding hydrogens is 336 g/mol. The molecule has 0 bridgehead atoms. The summed E-state index contributed by atoms with van der Waals surface area (Å²) in [7, 11) is 0. The SMILES string of the molecule is CC(=O)N1CCCC1c1nc(C)c2c(n1)N(CCc1ccccc1)CCC2.